The molecule has 0 heterocycles. The van der Waals surface area contributed by atoms with E-state index < -0.39 is 17.1 Å². The highest BCUT2D eigenvalue weighted by molar-refractivity contribution is 5.81. The van der Waals surface area contributed by atoms with Gasteiger partial charge in [0.15, 0.2) is 0 Å². The lowest BCUT2D eigenvalue weighted by atomic mass is 10.1. The normalized spacial score (nSPS) is 11.7. The van der Waals surface area contributed by atoms with Crippen LogP contribution in [0.5, 0.6) is 0 Å². The Hall–Kier alpha value is -1.70. The largest absolute Gasteiger partial charge is 0.466 e. The van der Waals surface area contributed by atoms with Crippen molar-refractivity contribution < 1.29 is 24.3 Å². The van der Waals surface area contributed by atoms with Crippen LogP contribution in [-0.2, 0) is 19.2 Å². The first-order chi connectivity index (χ1) is 8.43. The van der Waals surface area contributed by atoms with Crippen molar-refractivity contribution in [3.05, 3.63) is 10.1 Å². The average Bonchev–Trinajstić information content (AvgIpc) is 2.29. The zero-order valence-corrected chi connectivity index (χ0v) is 10.3. The van der Waals surface area contributed by atoms with E-state index in [0.717, 1.165) is 0 Å². The molecule has 18 heavy (non-hydrogen) atoms. The highest BCUT2D eigenvalue weighted by Gasteiger charge is 2.11. The minimum atomic E-state index is -0.866. The number of ether oxygens (including phenoxy) is 1. The molecule has 0 aliphatic carbocycles. The van der Waals surface area contributed by atoms with E-state index in [1.807, 2.05) is 0 Å². The van der Waals surface area contributed by atoms with E-state index in [1.54, 1.807) is 0 Å². The number of carbonyl (C=O) groups is 2. The number of esters is 1. The van der Waals surface area contributed by atoms with Crippen LogP contribution in [0.3, 0.4) is 0 Å². The number of nitrogens with two attached hydrogens (primary N) is 1. The molecular weight excluding hydrogens is 244 g/mol. The van der Waals surface area contributed by atoms with E-state index in [0.29, 0.717) is 12.8 Å². The van der Waals surface area contributed by atoms with Crippen molar-refractivity contribution in [1.29, 1.82) is 0 Å². The highest BCUT2D eigenvalue weighted by atomic mass is 16.9. The van der Waals surface area contributed by atoms with Crippen LogP contribution in [0.1, 0.15) is 32.6 Å². The number of carbonyl (C=O) groups excluding carboxylic acids is 2. The molecule has 0 aromatic heterocycles. The molecule has 0 rings (SSSR count). The van der Waals surface area contributed by atoms with Gasteiger partial charge in [-0.15, -0.1) is 10.1 Å². The maximum Gasteiger partial charge on any atom is 0.305 e. The second kappa shape index (κ2) is 9.34. The van der Waals surface area contributed by atoms with E-state index in [2.05, 4.69) is 4.84 Å². The van der Waals surface area contributed by atoms with Gasteiger partial charge in [0, 0.05) is 6.42 Å². The van der Waals surface area contributed by atoms with Crippen LogP contribution in [0, 0.1) is 10.1 Å². The van der Waals surface area contributed by atoms with Crippen molar-refractivity contribution in [2.45, 2.75) is 38.6 Å². The zero-order chi connectivity index (χ0) is 14.0. The number of nitrogens with zero attached hydrogens (tertiary/aromatic N) is 1. The molecule has 0 aromatic rings. The average molecular weight is 262 g/mol. The maximum absolute atomic E-state index is 11.2. The van der Waals surface area contributed by atoms with Crippen LogP contribution in [0.2, 0.25) is 0 Å². The lowest BCUT2D eigenvalue weighted by Crippen LogP contribution is -2.29. The summed E-state index contributed by atoms with van der Waals surface area (Å²) in [5, 5.41) is 8.94. The fourth-order valence-corrected chi connectivity index (χ4v) is 1.08. The van der Waals surface area contributed by atoms with Crippen molar-refractivity contribution in [2.24, 2.45) is 5.73 Å². The first kappa shape index (κ1) is 16.3. The van der Waals surface area contributed by atoms with Crippen molar-refractivity contribution in [2.75, 3.05) is 13.2 Å². The first-order valence-corrected chi connectivity index (χ1v) is 5.62. The molecule has 0 aliphatic heterocycles. The topological polar surface area (TPSA) is 122 Å². The standard InChI is InChI=1S/C10H18N2O6/c1-8(13)9(11)4-5-10(14)17-6-2-3-7-18-12(15)16/h9H,2-7,11H2,1H3. The van der Waals surface area contributed by atoms with Gasteiger partial charge < -0.3 is 15.3 Å². The van der Waals surface area contributed by atoms with Crippen LogP contribution in [0.25, 0.3) is 0 Å². The molecule has 0 amide bonds. The van der Waals surface area contributed by atoms with E-state index in [4.69, 9.17) is 10.5 Å². The van der Waals surface area contributed by atoms with Gasteiger partial charge in [-0.3, -0.25) is 9.59 Å². The summed E-state index contributed by atoms with van der Waals surface area (Å²) >= 11 is 0. The van der Waals surface area contributed by atoms with Gasteiger partial charge in [-0.25, -0.2) is 0 Å². The van der Waals surface area contributed by atoms with Crippen LogP contribution in [-0.4, -0.2) is 36.1 Å². The Morgan fingerprint density at radius 2 is 1.94 bits per heavy atom. The molecule has 0 spiro atoms. The van der Waals surface area contributed by atoms with Crippen LogP contribution in [0.15, 0.2) is 0 Å². The lowest BCUT2D eigenvalue weighted by Gasteiger charge is -2.07. The van der Waals surface area contributed by atoms with Gasteiger partial charge in [0.1, 0.15) is 5.78 Å². The van der Waals surface area contributed by atoms with Gasteiger partial charge in [-0.2, -0.15) is 0 Å². The van der Waals surface area contributed by atoms with Gasteiger partial charge in [0.25, 0.3) is 5.09 Å². The van der Waals surface area contributed by atoms with Crippen molar-refractivity contribution >= 4 is 11.8 Å². The molecule has 2 N–H and O–H groups in total. The molecule has 0 bridgehead atoms. The number of rotatable bonds is 10. The van der Waals surface area contributed by atoms with Gasteiger partial charge in [-0.1, -0.05) is 0 Å². The van der Waals surface area contributed by atoms with Crippen LogP contribution >= 0.6 is 0 Å². The summed E-state index contributed by atoms with van der Waals surface area (Å²) in [7, 11) is 0. The van der Waals surface area contributed by atoms with Crippen molar-refractivity contribution in [3.63, 3.8) is 0 Å². The van der Waals surface area contributed by atoms with E-state index in [9.17, 15) is 19.7 Å². The second-order valence-corrected chi connectivity index (χ2v) is 3.74. The summed E-state index contributed by atoms with van der Waals surface area (Å²) in [6, 6.07) is -0.633. The number of hydrogen-bond donors (Lipinski definition) is 1. The Labute approximate surface area is 105 Å². The number of unbranched alkanes of at least 4 members (excludes halogenated alkanes) is 1. The summed E-state index contributed by atoms with van der Waals surface area (Å²) < 4.78 is 4.85. The third kappa shape index (κ3) is 9.52. The molecule has 1 atom stereocenters. The maximum atomic E-state index is 11.2. The monoisotopic (exact) mass is 262 g/mol. The fourth-order valence-electron chi connectivity index (χ4n) is 1.08. The molecule has 1 unspecified atom stereocenters. The molecule has 0 saturated heterocycles. The third-order valence-electron chi connectivity index (χ3n) is 2.18. The lowest BCUT2D eigenvalue weighted by molar-refractivity contribution is -0.757. The number of ketones is 1. The molecule has 104 valence electrons. The molecule has 8 nitrogen and oxygen atoms in total. The minimum absolute atomic E-state index is 0.0141. The molecule has 0 fully saturated rings. The molecule has 8 heteroatoms. The molecular formula is C10H18N2O6. The quantitative estimate of drug-likeness (QED) is 0.258. The Balaban J connectivity index is 3.43. The number of Topliss-reactive ketones (excluding diaryl/α,β-unsaturated/α-hetero) is 1. The highest BCUT2D eigenvalue weighted by Crippen LogP contribution is 1.99. The van der Waals surface area contributed by atoms with Gasteiger partial charge in [0.05, 0.1) is 19.3 Å². The summed E-state index contributed by atoms with van der Waals surface area (Å²) in [6.45, 7) is 1.53. The Bertz CT molecular complexity index is 294. The predicted molar refractivity (Wildman–Crippen MR) is 61.0 cm³/mol. The Morgan fingerprint density at radius 1 is 1.33 bits per heavy atom. The second-order valence-electron chi connectivity index (χ2n) is 3.74. The fraction of sp³-hybridized carbons (Fsp3) is 0.800. The van der Waals surface area contributed by atoms with E-state index in [1.165, 1.54) is 6.92 Å². The SMILES string of the molecule is CC(=O)C(N)CCC(=O)OCCCCO[N+](=O)[O-]. The molecule has 0 radical (unpaired) electrons. The Kier molecular flexibility index (Phi) is 8.46. The third-order valence-corrected chi connectivity index (χ3v) is 2.18. The number of hydrogen-bond acceptors (Lipinski definition) is 7. The predicted octanol–water partition coefficient (Wildman–Crippen LogP) is 0.215. The summed E-state index contributed by atoms with van der Waals surface area (Å²) in [4.78, 5) is 35.9. The Morgan fingerprint density at radius 3 is 2.50 bits per heavy atom. The zero-order valence-electron chi connectivity index (χ0n) is 10.3. The summed E-state index contributed by atoms with van der Waals surface area (Å²) in [6.07, 6.45) is 1.27. The van der Waals surface area contributed by atoms with Crippen molar-refractivity contribution in [3.8, 4) is 0 Å². The van der Waals surface area contributed by atoms with Crippen molar-refractivity contribution in [1.82, 2.24) is 0 Å². The van der Waals surface area contributed by atoms with E-state index in [-0.39, 0.29) is 31.8 Å². The van der Waals surface area contributed by atoms with Gasteiger partial charge >= 0.3 is 5.97 Å². The molecule has 0 saturated carbocycles. The summed E-state index contributed by atoms with van der Waals surface area (Å²) in [5.41, 5.74) is 5.45. The van der Waals surface area contributed by atoms with Crippen LogP contribution < -0.4 is 5.73 Å². The smallest absolute Gasteiger partial charge is 0.305 e. The molecule has 0 aromatic carbocycles. The first-order valence-electron chi connectivity index (χ1n) is 5.62. The minimum Gasteiger partial charge on any atom is -0.466 e. The summed E-state index contributed by atoms with van der Waals surface area (Å²) in [5.74, 6) is -0.596. The molecule has 0 aliphatic rings. The van der Waals surface area contributed by atoms with Gasteiger partial charge in [0.2, 0.25) is 0 Å². The van der Waals surface area contributed by atoms with E-state index >= 15 is 0 Å². The van der Waals surface area contributed by atoms with Crippen LogP contribution in [0.4, 0.5) is 0 Å². The van der Waals surface area contributed by atoms with Gasteiger partial charge in [-0.05, 0) is 26.2 Å².